The molecular weight excluding hydrogens is 147 g/mol. The Morgan fingerprint density at radius 2 is 2.33 bits per heavy atom. The molecule has 0 bridgehead atoms. The highest BCUT2D eigenvalue weighted by Crippen LogP contribution is 2.14. The van der Waals surface area contributed by atoms with Crippen LogP contribution in [0.25, 0.3) is 0 Å². The molecule has 0 aromatic heterocycles. The van der Waals surface area contributed by atoms with E-state index in [4.69, 9.17) is 0 Å². The van der Waals surface area contributed by atoms with Gasteiger partial charge in [0.1, 0.15) is 0 Å². The van der Waals surface area contributed by atoms with Crippen LogP contribution in [0, 0.1) is 5.92 Å². The normalized spacial score (nSPS) is 32.8. The molecule has 5 heteroatoms. The Hall–Kier alpha value is -0.160. The summed E-state index contributed by atoms with van der Waals surface area (Å²) in [4.78, 5) is 0. The van der Waals surface area contributed by atoms with Gasteiger partial charge >= 0.3 is 0 Å². The molecule has 1 heterocycles. The zero-order valence-corrected chi connectivity index (χ0v) is 5.53. The molecule has 0 aromatic rings. The topological polar surface area (TPSA) is 43.4 Å². The summed E-state index contributed by atoms with van der Waals surface area (Å²) in [5.41, 5.74) is 0. The quantitative estimate of drug-likeness (QED) is 0.496. The van der Waals surface area contributed by atoms with Crippen molar-refractivity contribution in [1.29, 1.82) is 0 Å². The van der Waals surface area contributed by atoms with Crippen molar-refractivity contribution in [1.82, 2.24) is 0 Å². The number of rotatable bonds is 1. The summed E-state index contributed by atoms with van der Waals surface area (Å²) in [5.74, 6) is -0.598. The summed E-state index contributed by atoms with van der Waals surface area (Å²) in [6.45, 7) is -0.599. The number of alkyl halides is 1. The summed E-state index contributed by atoms with van der Waals surface area (Å²) in [6.07, 6.45) is 0. The van der Waals surface area contributed by atoms with Gasteiger partial charge in [0, 0.05) is 5.92 Å². The molecule has 1 fully saturated rings. The summed E-state index contributed by atoms with van der Waals surface area (Å²) >= 11 is 0. The van der Waals surface area contributed by atoms with E-state index in [0.717, 1.165) is 0 Å². The van der Waals surface area contributed by atoms with Gasteiger partial charge in [-0.25, -0.2) is 0 Å². The molecule has 0 spiro atoms. The molecule has 0 saturated carbocycles. The van der Waals surface area contributed by atoms with Crippen LogP contribution < -0.4 is 0 Å². The maximum absolute atomic E-state index is 11.7. The van der Waals surface area contributed by atoms with Gasteiger partial charge in [-0.05, 0) is 0 Å². The molecule has 0 aromatic carbocycles. The largest absolute Gasteiger partial charge is 0.270 e. The maximum Gasteiger partial charge on any atom is 0.267 e. The fraction of sp³-hybridized carbons (Fsp3) is 1.00. The van der Waals surface area contributed by atoms with Crippen molar-refractivity contribution >= 4 is 10.1 Å². The average Bonchev–Trinajstić information content (AvgIpc) is 2.10. The van der Waals surface area contributed by atoms with Crippen molar-refractivity contribution in [2.24, 2.45) is 5.92 Å². The van der Waals surface area contributed by atoms with Crippen LogP contribution >= 0.6 is 0 Å². The molecule has 0 aliphatic carbocycles. The van der Waals surface area contributed by atoms with Crippen LogP contribution in [0.15, 0.2) is 0 Å². The highest BCUT2D eigenvalue weighted by atomic mass is 32.2. The van der Waals surface area contributed by atoms with Crippen LogP contribution in [-0.4, -0.2) is 27.5 Å². The van der Waals surface area contributed by atoms with Gasteiger partial charge in [-0.3, -0.25) is 8.57 Å². The first kappa shape index (κ1) is 6.95. The molecule has 1 atom stereocenters. The van der Waals surface area contributed by atoms with Gasteiger partial charge in [-0.2, -0.15) is 8.42 Å². The van der Waals surface area contributed by atoms with E-state index in [1.54, 1.807) is 0 Å². The lowest BCUT2D eigenvalue weighted by Crippen LogP contribution is -2.06. The van der Waals surface area contributed by atoms with E-state index in [1.165, 1.54) is 0 Å². The van der Waals surface area contributed by atoms with Gasteiger partial charge in [0.05, 0.1) is 19.0 Å². The van der Waals surface area contributed by atoms with Crippen LogP contribution in [0.2, 0.25) is 0 Å². The summed E-state index contributed by atoms with van der Waals surface area (Å²) < 4.78 is 36.8. The van der Waals surface area contributed by atoms with Gasteiger partial charge in [0.2, 0.25) is 0 Å². The Labute approximate surface area is 52.9 Å². The zero-order chi connectivity index (χ0) is 6.91. The van der Waals surface area contributed by atoms with Gasteiger partial charge in [0.15, 0.2) is 0 Å². The lowest BCUT2D eigenvalue weighted by molar-refractivity contribution is 0.278. The highest BCUT2D eigenvalue weighted by Gasteiger charge is 2.28. The van der Waals surface area contributed by atoms with E-state index < -0.39 is 22.7 Å². The van der Waals surface area contributed by atoms with Crippen LogP contribution in [0.5, 0.6) is 0 Å². The predicted octanol–water partition coefficient (Wildman–Crippen LogP) is -0.0679. The van der Waals surface area contributed by atoms with Gasteiger partial charge in [0.25, 0.3) is 10.1 Å². The summed E-state index contributed by atoms with van der Waals surface area (Å²) in [7, 11) is -3.35. The number of hydrogen-bond donors (Lipinski definition) is 0. The Morgan fingerprint density at radius 1 is 1.67 bits per heavy atom. The first-order chi connectivity index (χ1) is 4.14. The summed E-state index contributed by atoms with van der Waals surface area (Å²) in [5, 5.41) is 0. The van der Waals surface area contributed by atoms with Gasteiger partial charge in [-0.15, -0.1) is 0 Å². The zero-order valence-electron chi connectivity index (χ0n) is 4.71. The van der Waals surface area contributed by atoms with Crippen molar-refractivity contribution in [2.45, 2.75) is 0 Å². The molecule has 1 aliphatic heterocycles. The third-order valence-electron chi connectivity index (χ3n) is 1.14. The monoisotopic (exact) mass is 154 g/mol. The first-order valence-electron chi connectivity index (χ1n) is 2.57. The molecule has 0 N–H and O–H groups in total. The molecule has 54 valence electrons. The number of hydrogen-bond acceptors (Lipinski definition) is 3. The lowest BCUT2D eigenvalue weighted by Gasteiger charge is -1.92. The van der Waals surface area contributed by atoms with E-state index >= 15 is 0 Å². The summed E-state index contributed by atoms with van der Waals surface area (Å²) in [6, 6.07) is 0. The van der Waals surface area contributed by atoms with E-state index in [-0.39, 0.29) is 12.4 Å². The molecule has 1 rings (SSSR count). The molecule has 0 amide bonds. The molecule has 0 radical (unpaired) electrons. The van der Waals surface area contributed by atoms with Crippen molar-refractivity contribution in [3.8, 4) is 0 Å². The van der Waals surface area contributed by atoms with Gasteiger partial charge in [-0.1, -0.05) is 0 Å². The van der Waals surface area contributed by atoms with Crippen molar-refractivity contribution < 1.29 is 17.0 Å². The van der Waals surface area contributed by atoms with Crippen molar-refractivity contribution in [3.63, 3.8) is 0 Å². The number of halogens is 1. The van der Waals surface area contributed by atoms with E-state index in [1.807, 2.05) is 0 Å². The molecule has 3 nitrogen and oxygen atoms in total. The second-order valence-electron chi connectivity index (χ2n) is 2.03. The van der Waals surface area contributed by atoms with E-state index in [2.05, 4.69) is 4.18 Å². The Bertz CT molecular complexity index is 186. The first-order valence-corrected chi connectivity index (χ1v) is 4.15. The third kappa shape index (κ3) is 1.62. The second kappa shape index (κ2) is 2.22. The van der Waals surface area contributed by atoms with Crippen molar-refractivity contribution in [2.75, 3.05) is 19.0 Å². The third-order valence-corrected chi connectivity index (χ3v) is 2.52. The molecular formula is C4H7FO3S. The minimum atomic E-state index is -3.35. The Balaban J connectivity index is 2.58. The smallest absolute Gasteiger partial charge is 0.267 e. The van der Waals surface area contributed by atoms with Crippen LogP contribution in [0.4, 0.5) is 4.39 Å². The second-order valence-corrected chi connectivity index (χ2v) is 3.71. The predicted molar refractivity (Wildman–Crippen MR) is 29.2 cm³/mol. The van der Waals surface area contributed by atoms with Gasteiger partial charge < -0.3 is 0 Å². The van der Waals surface area contributed by atoms with Crippen LogP contribution in [0.1, 0.15) is 0 Å². The van der Waals surface area contributed by atoms with Crippen LogP contribution in [-0.2, 0) is 14.3 Å². The standard InChI is InChI=1S/C4H7FO3S/c5-1-4-2-8-9(6,7)3-4/h4H,1-3H2. The molecule has 1 unspecified atom stereocenters. The molecule has 1 saturated heterocycles. The SMILES string of the molecule is O=S1(=O)CC(CF)CO1. The lowest BCUT2D eigenvalue weighted by atomic mass is 10.2. The minimum Gasteiger partial charge on any atom is -0.270 e. The Morgan fingerprint density at radius 3 is 2.56 bits per heavy atom. The van der Waals surface area contributed by atoms with E-state index in [0.29, 0.717) is 0 Å². The maximum atomic E-state index is 11.7. The van der Waals surface area contributed by atoms with E-state index in [9.17, 15) is 12.8 Å². The Kier molecular flexibility index (Phi) is 1.72. The minimum absolute atomic E-state index is 0.0127. The average molecular weight is 154 g/mol. The van der Waals surface area contributed by atoms with Crippen LogP contribution in [0.3, 0.4) is 0 Å². The van der Waals surface area contributed by atoms with Crippen molar-refractivity contribution in [3.05, 3.63) is 0 Å². The highest BCUT2D eigenvalue weighted by molar-refractivity contribution is 7.86. The molecule has 9 heavy (non-hydrogen) atoms. The fourth-order valence-electron chi connectivity index (χ4n) is 0.674. The molecule has 1 aliphatic rings. The fourth-order valence-corrected chi connectivity index (χ4v) is 1.93.